The number of nitrogen functional groups attached to an aromatic ring is 1. The lowest BCUT2D eigenvalue weighted by Crippen LogP contribution is -2.34. The van der Waals surface area contributed by atoms with Crippen LogP contribution in [0.25, 0.3) is 0 Å². The van der Waals surface area contributed by atoms with E-state index >= 15 is 0 Å². The quantitative estimate of drug-likeness (QED) is 0.554. The molecule has 0 spiro atoms. The monoisotopic (exact) mass is 452 g/mol. The Hall–Kier alpha value is -2.23. The van der Waals surface area contributed by atoms with Gasteiger partial charge < -0.3 is 10.5 Å². The number of fused-ring (bicyclic) bond motifs is 1. The average molecular weight is 452 g/mol. The highest BCUT2D eigenvalue weighted by molar-refractivity contribution is 14.1. The van der Waals surface area contributed by atoms with Gasteiger partial charge in [0, 0.05) is 22.6 Å². The molecule has 8 heteroatoms. The van der Waals surface area contributed by atoms with Crippen LogP contribution in [0.5, 0.6) is 0 Å². The van der Waals surface area contributed by atoms with E-state index in [2.05, 4.69) is 32.6 Å². The number of carbonyl (C=O) groups is 2. The lowest BCUT2D eigenvalue weighted by molar-refractivity contribution is -0.123. The van der Waals surface area contributed by atoms with Crippen LogP contribution in [0.3, 0.4) is 0 Å². The van der Waals surface area contributed by atoms with Crippen molar-refractivity contribution in [2.45, 2.75) is 25.6 Å². The molecule has 0 fully saturated rings. The van der Waals surface area contributed by atoms with E-state index in [-0.39, 0.29) is 24.9 Å². The van der Waals surface area contributed by atoms with Gasteiger partial charge in [-0.15, -0.1) is 0 Å². The smallest absolute Gasteiger partial charge is 0.411 e. The molecule has 0 saturated carbocycles. The van der Waals surface area contributed by atoms with E-state index < -0.39 is 12.1 Å². The number of hydrogen-bond donors (Lipinski definition) is 1. The second kappa shape index (κ2) is 7.77. The van der Waals surface area contributed by atoms with Gasteiger partial charge in [-0.05, 0) is 5.56 Å². The third kappa shape index (κ3) is 3.89. The minimum atomic E-state index is -0.714. The lowest BCUT2D eigenvalue weighted by atomic mass is 10.0. The first kappa shape index (κ1) is 17.6. The van der Waals surface area contributed by atoms with Crippen LogP contribution in [0.2, 0.25) is 0 Å². The Morgan fingerprint density at radius 3 is 2.80 bits per heavy atom. The van der Waals surface area contributed by atoms with Gasteiger partial charge in [-0.3, -0.25) is 9.69 Å². The number of halogens is 1. The number of hydrogen-bond acceptors (Lipinski definition) is 6. The van der Waals surface area contributed by atoms with Crippen molar-refractivity contribution in [1.82, 2.24) is 14.9 Å². The Morgan fingerprint density at radius 2 is 2.08 bits per heavy atom. The topological polar surface area (TPSA) is 98.4 Å². The summed E-state index contributed by atoms with van der Waals surface area (Å²) in [5, 5.41) is 0. The number of amides is 1. The van der Waals surface area contributed by atoms with E-state index in [0.29, 0.717) is 22.1 Å². The van der Waals surface area contributed by atoms with Crippen LogP contribution in [0.1, 0.15) is 29.3 Å². The Kier molecular flexibility index (Phi) is 5.47. The van der Waals surface area contributed by atoms with E-state index in [1.54, 1.807) is 0 Å². The van der Waals surface area contributed by atoms with Crippen molar-refractivity contribution in [3.8, 4) is 0 Å². The van der Waals surface area contributed by atoms with Crippen LogP contribution in [0.15, 0.2) is 36.5 Å². The zero-order valence-corrected chi connectivity index (χ0v) is 15.5. The molecule has 2 N–H and O–H groups in total. The molecule has 1 aromatic carbocycles. The van der Waals surface area contributed by atoms with Gasteiger partial charge in [0.1, 0.15) is 12.6 Å². The van der Waals surface area contributed by atoms with Crippen LogP contribution in [0, 0.1) is 0 Å². The number of Topliss-reactive ketones (excluding diaryl/α,β-unsaturated/α-hetero) is 1. The molecular formula is C17H17IN4O3. The number of carbonyl (C=O) groups excluding carboxylic acids is 2. The minimum Gasteiger partial charge on any atom is -0.445 e. The van der Waals surface area contributed by atoms with Crippen LogP contribution in [-0.2, 0) is 22.7 Å². The average Bonchev–Trinajstić information content (AvgIpc) is 2.99. The normalized spacial score (nSPS) is 15.7. The van der Waals surface area contributed by atoms with Crippen molar-refractivity contribution in [3.05, 3.63) is 53.3 Å². The predicted octanol–water partition coefficient (Wildman–Crippen LogP) is 2.65. The van der Waals surface area contributed by atoms with E-state index in [9.17, 15) is 9.59 Å². The summed E-state index contributed by atoms with van der Waals surface area (Å²) in [4.78, 5) is 34.6. The van der Waals surface area contributed by atoms with E-state index in [0.717, 1.165) is 5.56 Å². The molecule has 2 heterocycles. The molecule has 0 aliphatic carbocycles. The second-order valence-corrected chi connectivity index (χ2v) is 6.68. The van der Waals surface area contributed by atoms with Gasteiger partial charge in [0.15, 0.2) is 5.78 Å². The van der Waals surface area contributed by atoms with Crippen molar-refractivity contribution in [2.75, 3.05) is 10.2 Å². The first-order chi connectivity index (χ1) is 12.1. The van der Waals surface area contributed by atoms with Crippen molar-refractivity contribution in [2.24, 2.45) is 0 Å². The third-order valence-corrected chi connectivity index (χ3v) is 4.47. The largest absolute Gasteiger partial charge is 0.445 e. The first-order valence-corrected chi connectivity index (χ1v) is 9.30. The highest BCUT2D eigenvalue weighted by Crippen LogP contribution is 2.34. The highest BCUT2D eigenvalue weighted by Gasteiger charge is 2.40. The summed E-state index contributed by atoms with van der Waals surface area (Å²) in [6.07, 6.45) is 1.34. The maximum Gasteiger partial charge on any atom is 0.411 e. The van der Waals surface area contributed by atoms with Crippen molar-refractivity contribution in [3.63, 3.8) is 0 Å². The molecule has 1 aliphatic heterocycles. The van der Waals surface area contributed by atoms with Gasteiger partial charge in [0.2, 0.25) is 5.95 Å². The molecule has 25 heavy (non-hydrogen) atoms. The number of ketones is 1. The molecule has 0 radical (unpaired) electrons. The van der Waals surface area contributed by atoms with E-state index in [4.69, 9.17) is 10.5 Å². The number of ether oxygens (including phenoxy) is 1. The Labute approximate surface area is 158 Å². The summed E-state index contributed by atoms with van der Waals surface area (Å²) >= 11 is 2.14. The lowest BCUT2D eigenvalue weighted by Gasteiger charge is -2.23. The Bertz CT molecular complexity index is 785. The fourth-order valence-electron chi connectivity index (χ4n) is 2.77. The van der Waals surface area contributed by atoms with Crippen molar-refractivity contribution < 1.29 is 14.3 Å². The number of benzene rings is 1. The van der Waals surface area contributed by atoms with Crippen LogP contribution in [0.4, 0.5) is 10.7 Å². The molecule has 0 bridgehead atoms. The molecule has 0 unspecified atom stereocenters. The van der Waals surface area contributed by atoms with Crippen LogP contribution < -0.4 is 5.73 Å². The zero-order chi connectivity index (χ0) is 17.8. The maximum absolute atomic E-state index is 12.6. The summed E-state index contributed by atoms with van der Waals surface area (Å²) in [6.45, 7) is 0.334. The summed E-state index contributed by atoms with van der Waals surface area (Å²) in [6, 6.07) is 8.67. The standard InChI is InChI=1S/C17H17IN4O3/c18-7-6-14(23)15-12-8-20-16(19)21-13(12)9-22(15)17(24)25-10-11-4-2-1-3-5-11/h1-5,8,15H,6-7,9-10H2,(H2,19,20,21)/t15-/m1/s1. The zero-order valence-electron chi connectivity index (χ0n) is 13.4. The Balaban J connectivity index is 1.79. The number of anilines is 1. The summed E-state index contributed by atoms with van der Waals surface area (Å²) < 4.78 is 6.06. The van der Waals surface area contributed by atoms with Gasteiger partial charge in [-0.2, -0.15) is 0 Å². The number of rotatable bonds is 5. The molecule has 1 amide bonds. The fourth-order valence-corrected chi connectivity index (χ4v) is 3.30. The van der Waals surface area contributed by atoms with Gasteiger partial charge in [-0.1, -0.05) is 52.9 Å². The first-order valence-electron chi connectivity index (χ1n) is 7.77. The second-order valence-electron chi connectivity index (χ2n) is 5.61. The molecular weight excluding hydrogens is 435 g/mol. The SMILES string of the molecule is Nc1ncc2c(n1)CN(C(=O)OCc1ccccc1)[C@H]2C(=O)CCI. The van der Waals surface area contributed by atoms with E-state index in [1.807, 2.05) is 30.3 Å². The fraction of sp³-hybridized carbons (Fsp3) is 0.294. The third-order valence-electron chi connectivity index (χ3n) is 3.93. The molecule has 0 saturated heterocycles. The van der Waals surface area contributed by atoms with Crippen molar-refractivity contribution >= 4 is 40.4 Å². The maximum atomic E-state index is 12.6. The van der Waals surface area contributed by atoms with Crippen molar-refractivity contribution in [1.29, 1.82) is 0 Å². The molecule has 2 aromatic rings. The predicted molar refractivity (Wildman–Crippen MR) is 99.9 cm³/mol. The number of nitrogens with two attached hydrogens (primary N) is 1. The Morgan fingerprint density at radius 1 is 1.32 bits per heavy atom. The molecule has 7 nitrogen and oxygen atoms in total. The molecule has 130 valence electrons. The number of nitrogens with zero attached hydrogens (tertiary/aromatic N) is 3. The molecule has 1 aromatic heterocycles. The summed E-state index contributed by atoms with van der Waals surface area (Å²) in [7, 11) is 0. The highest BCUT2D eigenvalue weighted by atomic mass is 127. The van der Waals surface area contributed by atoms with E-state index in [1.165, 1.54) is 11.1 Å². The van der Waals surface area contributed by atoms with Gasteiger partial charge in [0.25, 0.3) is 0 Å². The van der Waals surface area contributed by atoms with Gasteiger partial charge in [-0.25, -0.2) is 14.8 Å². The number of alkyl halides is 1. The minimum absolute atomic E-state index is 0.0572. The van der Waals surface area contributed by atoms with Crippen LogP contribution >= 0.6 is 22.6 Å². The van der Waals surface area contributed by atoms with Gasteiger partial charge >= 0.3 is 6.09 Å². The molecule has 1 aliphatic rings. The van der Waals surface area contributed by atoms with Crippen LogP contribution in [-0.4, -0.2) is 31.2 Å². The number of aromatic nitrogens is 2. The summed E-state index contributed by atoms with van der Waals surface area (Å²) in [5.74, 6) is 0.0662. The summed E-state index contributed by atoms with van der Waals surface area (Å²) in [5.41, 5.74) is 7.72. The van der Waals surface area contributed by atoms with Gasteiger partial charge in [0.05, 0.1) is 12.2 Å². The molecule has 1 atom stereocenters. The molecule has 3 rings (SSSR count).